The lowest BCUT2D eigenvalue weighted by atomic mass is 10.0. The fourth-order valence-electron chi connectivity index (χ4n) is 6.97. The van der Waals surface area contributed by atoms with Gasteiger partial charge in [0.2, 0.25) is 0 Å². The van der Waals surface area contributed by atoms with Gasteiger partial charge in [0.25, 0.3) is 0 Å². The maximum atomic E-state index is 2.35. The van der Waals surface area contributed by atoms with E-state index in [1.165, 1.54) is 44.5 Å². The average Bonchev–Trinajstić information content (AvgIpc) is 3.20. The third-order valence-corrected chi connectivity index (χ3v) is 11.1. The fraction of sp³-hybridized carbons (Fsp3) is 0.148. The van der Waals surface area contributed by atoms with E-state index in [0.29, 0.717) is 0 Å². The molecular weight excluding hydrogens is 677 g/mol. The van der Waals surface area contributed by atoms with Gasteiger partial charge in [-0.3, -0.25) is 0 Å². The van der Waals surface area contributed by atoms with Gasteiger partial charge in [-0.2, -0.15) is 0 Å². The molecule has 0 unspecified atom stereocenters. The number of anilines is 6. The Kier molecular flexibility index (Phi) is 11.2. The highest BCUT2D eigenvalue weighted by Crippen LogP contribution is 2.38. The zero-order chi connectivity index (χ0) is 39.3. The molecule has 278 valence electrons. The second-order valence-electron chi connectivity index (χ2n) is 15.3. The van der Waals surface area contributed by atoms with Crippen LogP contribution in [0.3, 0.4) is 0 Å². The summed E-state index contributed by atoms with van der Waals surface area (Å²) in [4.78, 5) is 4.70. The largest absolute Gasteiger partial charge is 0.310 e. The number of nitrogens with zero attached hydrogens (tertiary/aromatic N) is 2. The van der Waals surface area contributed by atoms with E-state index in [9.17, 15) is 0 Å². The summed E-state index contributed by atoms with van der Waals surface area (Å²) in [7, 11) is 0. The standard InChI is InChI=1S/C54H52N2/c1-37-12-24-51(32-41(37)5)55(52-25-13-38(2)42(6)33-52)49-28-20-45(21-29-49)16-18-47-10-9-11-48(36-47)19-17-46-22-30-50(31-23-46)56(53-26-14-39(3)43(7)34-53)54-27-15-40(4)44(8)35-54/h9-36H,1-8H3/b18-16+,19-17+. The van der Waals surface area contributed by atoms with Crippen LogP contribution in [0.1, 0.15) is 66.8 Å². The molecule has 0 heterocycles. The highest BCUT2D eigenvalue weighted by molar-refractivity contribution is 5.81. The second kappa shape index (κ2) is 16.6. The Morgan fingerprint density at radius 3 is 0.804 bits per heavy atom. The summed E-state index contributed by atoms with van der Waals surface area (Å²) < 4.78 is 0. The first-order valence-corrected chi connectivity index (χ1v) is 19.6. The van der Waals surface area contributed by atoms with Crippen LogP contribution in [0.5, 0.6) is 0 Å². The minimum Gasteiger partial charge on any atom is -0.310 e. The van der Waals surface area contributed by atoms with Gasteiger partial charge in [0.15, 0.2) is 0 Å². The van der Waals surface area contributed by atoms with Crippen molar-refractivity contribution in [1.29, 1.82) is 0 Å². The summed E-state index contributed by atoms with van der Waals surface area (Å²) in [5.41, 5.74) is 21.9. The molecule has 7 rings (SSSR count). The molecule has 7 aromatic carbocycles. The van der Waals surface area contributed by atoms with Crippen LogP contribution in [0.25, 0.3) is 24.3 Å². The SMILES string of the molecule is Cc1ccc(N(c2ccc(/C=C/c3cccc(/C=C/c4ccc(N(c5ccc(C)c(C)c5)c5ccc(C)c(C)c5)cc4)c3)cc2)c2ccc(C)c(C)c2)cc1C. The van der Waals surface area contributed by atoms with Crippen LogP contribution in [0.15, 0.2) is 146 Å². The van der Waals surface area contributed by atoms with Crippen molar-refractivity contribution in [2.45, 2.75) is 55.4 Å². The summed E-state index contributed by atoms with van der Waals surface area (Å²) in [5, 5.41) is 0. The van der Waals surface area contributed by atoms with Crippen LogP contribution in [-0.4, -0.2) is 0 Å². The van der Waals surface area contributed by atoms with Gasteiger partial charge in [-0.15, -0.1) is 0 Å². The molecule has 2 nitrogen and oxygen atoms in total. The van der Waals surface area contributed by atoms with Crippen LogP contribution in [-0.2, 0) is 0 Å². The summed E-state index contributed by atoms with van der Waals surface area (Å²) >= 11 is 0. The van der Waals surface area contributed by atoms with Gasteiger partial charge in [0, 0.05) is 34.1 Å². The lowest BCUT2D eigenvalue weighted by Crippen LogP contribution is -2.10. The lowest BCUT2D eigenvalue weighted by Gasteiger charge is -2.27. The summed E-state index contributed by atoms with van der Waals surface area (Å²) in [6.07, 6.45) is 8.77. The van der Waals surface area contributed by atoms with Crippen LogP contribution >= 0.6 is 0 Å². The number of hydrogen-bond donors (Lipinski definition) is 0. The Bertz CT molecular complexity index is 2270. The molecule has 0 N–H and O–H groups in total. The monoisotopic (exact) mass is 728 g/mol. The van der Waals surface area contributed by atoms with Crippen LogP contribution in [0.4, 0.5) is 34.1 Å². The maximum Gasteiger partial charge on any atom is 0.0464 e. The van der Waals surface area contributed by atoms with E-state index in [4.69, 9.17) is 0 Å². The molecule has 56 heavy (non-hydrogen) atoms. The molecule has 0 aliphatic rings. The van der Waals surface area contributed by atoms with Crippen LogP contribution < -0.4 is 9.80 Å². The highest BCUT2D eigenvalue weighted by Gasteiger charge is 2.15. The van der Waals surface area contributed by atoms with E-state index >= 15 is 0 Å². The predicted molar refractivity (Wildman–Crippen MR) is 244 cm³/mol. The molecule has 0 fully saturated rings. The molecule has 0 amide bonds. The average molecular weight is 729 g/mol. The van der Waals surface area contributed by atoms with Crippen molar-refractivity contribution in [2.75, 3.05) is 9.80 Å². The molecule has 0 aliphatic heterocycles. The summed E-state index contributed by atoms with van der Waals surface area (Å²) in [6.45, 7) is 17.4. The molecule has 0 spiro atoms. The zero-order valence-electron chi connectivity index (χ0n) is 34.1. The Morgan fingerprint density at radius 2 is 0.518 bits per heavy atom. The van der Waals surface area contributed by atoms with E-state index in [1.54, 1.807) is 0 Å². The topological polar surface area (TPSA) is 6.48 Å². The van der Waals surface area contributed by atoms with E-state index in [2.05, 4.69) is 235 Å². The Hall–Kier alpha value is -6.38. The molecule has 7 aromatic rings. The second-order valence-corrected chi connectivity index (χ2v) is 15.3. The molecule has 0 aromatic heterocycles. The third-order valence-electron chi connectivity index (χ3n) is 11.1. The van der Waals surface area contributed by atoms with E-state index in [1.807, 2.05) is 0 Å². The van der Waals surface area contributed by atoms with Gasteiger partial charge in [-0.1, -0.05) is 91.0 Å². The number of benzene rings is 7. The minimum absolute atomic E-state index is 1.14. The van der Waals surface area contributed by atoms with Crippen molar-refractivity contribution in [1.82, 2.24) is 0 Å². The predicted octanol–water partition coefficient (Wildman–Crippen LogP) is 15.4. The van der Waals surface area contributed by atoms with Gasteiger partial charge in [-0.05, 0) is 201 Å². The van der Waals surface area contributed by atoms with Crippen molar-refractivity contribution in [3.63, 3.8) is 0 Å². The Balaban J connectivity index is 1.08. The first-order chi connectivity index (χ1) is 27.0. The fourth-order valence-corrected chi connectivity index (χ4v) is 6.97. The number of rotatable bonds is 10. The first kappa shape index (κ1) is 37.9. The Labute approximate surface area is 334 Å². The molecule has 2 heteroatoms. The smallest absolute Gasteiger partial charge is 0.0464 e. The maximum absolute atomic E-state index is 2.35. The van der Waals surface area contributed by atoms with Crippen molar-refractivity contribution in [3.05, 3.63) is 212 Å². The van der Waals surface area contributed by atoms with Crippen molar-refractivity contribution >= 4 is 58.4 Å². The van der Waals surface area contributed by atoms with Crippen molar-refractivity contribution in [2.24, 2.45) is 0 Å². The van der Waals surface area contributed by atoms with Gasteiger partial charge >= 0.3 is 0 Å². The number of aryl methyl sites for hydroxylation is 8. The number of hydrogen-bond acceptors (Lipinski definition) is 2. The molecule has 0 saturated heterocycles. The van der Waals surface area contributed by atoms with Gasteiger partial charge in [-0.25, -0.2) is 0 Å². The first-order valence-electron chi connectivity index (χ1n) is 19.6. The van der Waals surface area contributed by atoms with Crippen molar-refractivity contribution < 1.29 is 0 Å². The highest BCUT2D eigenvalue weighted by atomic mass is 15.1. The Morgan fingerprint density at radius 1 is 0.250 bits per heavy atom. The molecular formula is C54H52N2. The van der Waals surface area contributed by atoms with E-state index < -0.39 is 0 Å². The van der Waals surface area contributed by atoms with Gasteiger partial charge in [0.1, 0.15) is 0 Å². The summed E-state index contributed by atoms with van der Waals surface area (Å²) in [6, 6.07) is 53.2. The third kappa shape index (κ3) is 8.61. The van der Waals surface area contributed by atoms with Gasteiger partial charge < -0.3 is 9.80 Å². The van der Waals surface area contributed by atoms with E-state index in [0.717, 1.165) is 56.4 Å². The molecule has 0 radical (unpaired) electrons. The molecule has 0 aliphatic carbocycles. The zero-order valence-corrected chi connectivity index (χ0v) is 34.1. The lowest BCUT2D eigenvalue weighted by molar-refractivity contribution is 1.23. The molecule has 0 saturated carbocycles. The van der Waals surface area contributed by atoms with Crippen molar-refractivity contribution in [3.8, 4) is 0 Å². The summed E-state index contributed by atoms with van der Waals surface area (Å²) in [5.74, 6) is 0. The molecule has 0 atom stereocenters. The minimum atomic E-state index is 1.14. The van der Waals surface area contributed by atoms with E-state index in [-0.39, 0.29) is 0 Å². The van der Waals surface area contributed by atoms with Crippen LogP contribution in [0.2, 0.25) is 0 Å². The van der Waals surface area contributed by atoms with Gasteiger partial charge in [0.05, 0.1) is 0 Å². The quantitative estimate of drug-likeness (QED) is 0.129. The normalized spacial score (nSPS) is 11.4. The van der Waals surface area contributed by atoms with Crippen LogP contribution in [0, 0.1) is 55.4 Å². The molecule has 0 bridgehead atoms.